The van der Waals surface area contributed by atoms with Gasteiger partial charge >= 0.3 is 0 Å². The maximum Gasteiger partial charge on any atom is 0.146 e. The number of rotatable bonds is 4. The Bertz CT molecular complexity index is 101. The van der Waals surface area contributed by atoms with E-state index in [4.69, 9.17) is 5.11 Å². The van der Waals surface area contributed by atoms with Crippen molar-refractivity contribution in [2.75, 3.05) is 6.61 Å². The Hall–Kier alpha value is -0.700. The molecular weight excluding hydrogens is 118 g/mol. The van der Waals surface area contributed by atoms with Crippen molar-refractivity contribution in [3.63, 3.8) is 0 Å². The van der Waals surface area contributed by atoms with Gasteiger partial charge in [-0.05, 0) is 12.6 Å². The van der Waals surface area contributed by atoms with Gasteiger partial charge in [-0.15, -0.1) is 0 Å². The zero-order valence-electron chi connectivity index (χ0n) is 5.45. The second kappa shape index (κ2) is 5.44. The minimum Gasteiger partial charge on any atom is -0.394 e. The fourth-order valence-electron chi connectivity index (χ4n) is 0.366. The van der Waals surface area contributed by atoms with Crippen LogP contribution < -0.4 is 0 Å². The van der Waals surface area contributed by atoms with Crippen molar-refractivity contribution in [3.8, 4) is 0 Å². The Morgan fingerprint density at radius 3 is 2.78 bits per heavy atom. The standard InChI is InChI=1S/C6H11NO2/c1-2-3-7-6(4-8)5-9/h3-4,6,9H,2,5H2,1H3/b7-3-/t6-/m1/s1. The van der Waals surface area contributed by atoms with Crippen molar-refractivity contribution in [1.82, 2.24) is 0 Å². The topological polar surface area (TPSA) is 49.7 Å². The number of hydrogen-bond donors (Lipinski definition) is 1. The second-order valence-corrected chi connectivity index (χ2v) is 1.63. The van der Waals surface area contributed by atoms with Crippen LogP contribution in [0, 0.1) is 0 Å². The molecule has 0 amide bonds. The lowest BCUT2D eigenvalue weighted by molar-refractivity contribution is -0.109. The minimum atomic E-state index is -0.551. The maximum atomic E-state index is 9.97. The number of carbonyl (C=O) groups is 1. The molecule has 3 nitrogen and oxygen atoms in total. The molecule has 0 saturated heterocycles. The summed E-state index contributed by atoms with van der Waals surface area (Å²) in [5, 5.41) is 8.41. The average molecular weight is 129 g/mol. The van der Waals surface area contributed by atoms with Crippen molar-refractivity contribution in [2.24, 2.45) is 4.99 Å². The third-order valence-corrected chi connectivity index (χ3v) is 0.824. The van der Waals surface area contributed by atoms with Crippen molar-refractivity contribution in [3.05, 3.63) is 0 Å². The molecule has 52 valence electrons. The Balaban J connectivity index is 3.54. The number of aliphatic hydroxyl groups is 1. The van der Waals surface area contributed by atoms with Crippen molar-refractivity contribution in [2.45, 2.75) is 19.4 Å². The molecule has 1 N–H and O–H groups in total. The monoisotopic (exact) mass is 129 g/mol. The highest BCUT2D eigenvalue weighted by atomic mass is 16.3. The average Bonchev–Trinajstić information content (AvgIpc) is 1.91. The van der Waals surface area contributed by atoms with Crippen molar-refractivity contribution >= 4 is 12.5 Å². The first-order chi connectivity index (χ1) is 4.35. The molecule has 0 unspecified atom stereocenters. The molecule has 1 atom stereocenters. The number of nitrogens with zero attached hydrogens (tertiary/aromatic N) is 1. The van der Waals surface area contributed by atoms with E-state index in [0.29, 0.717) is 6.29 Å². The van der Waals surface area contributed by atoms with Gasteiger partial charge in [-0.2, -0.15) is 0 Å². The Morgan fingerprint density at radius 2 is 2.44 bits per heavy atom. The number of hydrogen-bond acceptors (Lipinski definition) is 3. The highest BCUT2D eigenvalue weighted by Crippen LogP contribution is 1.82. The maximum absolute atomic E-state index is 9.97. The van der Waals surface area contributed by atoms with E-state index in [1.165, 1.54) is 0 Å². The van der Waals surface area contributed by atoms with Crippen LogP contribution in [0.1, 0.15) is 13.3 Å². The van der Waals surface area contributed by atoms with E-state index in [2.05, 4.69) is 4.99 Å². The zero-order chi connectivity index (χ0) is 7.11. The van der Waals surface area contributed by atoms with Gasteiger partial charge in [0.15, 0.2) is 0 Å². The summed E-state index contributed by atoms with van der Waals surface area (Å²) < 4.78 is 0. The molecule has 0 aromatic heterocycles. The molecule has 0 saturated carbocycles. The predicted octanol–water partition coefficient (Wildman–Crippen LogP) is 0.0270. The van der Waals surface area contributed by atoms with Crippen LogP contribution >= 0.6 is 0 Å². The van der Waals surface area contributed by atoms with E-state index < -0.39 is 6.04 Å². The minimum absolute atomic E-state index is 0.194. The quantitative estimate of drug-likeness (QED) is 0.430. The van der Waals surface area contributed by atoms with Gasteiger partial charge < -0.3 is 9.90 Å². The van der Waals surface area contributed by atoms with Gasteiger partial charge in [-0.3, -0.25) is 4.99 Å². The summed E-state index contributed by atoms with van der Waals surface area (Å²) in [4.78, 5) is 13.7. The lowest BCUT2D eigenvalue weighted by Gasteiger charge is -1.95. The van der Waals surface area contributed by atoms with Gasteiger partial charge in [0, 0.05) is 0 Å². The molecule has 0 aliphatic heterocycles. The molecule has 0 radical (unpaired) electrons. The summed E-state index contributed by atoms with van der Waals surface area (Å²) in [6.07, 6.45) is 3.05. The fraction of sp³-hybridized carbons (Fsp3) is 0.667. The number of aliphatic imine (C=N–C) groups is 1. The smallest absolute Gasteiger partial charge is 0.146 e. The molecule has 0 aliphatic rings. The van der Waals surface area contributed by atoms with Gasteiger partial charge in [-0.1, -0.05) is 6.92 Å². The van der Waals surface area contributed by atoms with Gasteiger partial charge in [0.1, 0.15) is 12.3 Å². The summed E-state index contributed by atoms with van der Waals surface area (Å²) in [6.45, 7) is 1.72. The summed E-state index contributed by atoms with van der Waals surface area (Å²) >= 11 is 0. The van der Waals surface area contributed by atoms with E-state index in [1.54, 1.807) is 6.21 Å². The third-order valence-electron chi connectivity index (χ3n) is 0.824. The van der Waals surface area contributed by atoms with Crippen LogP contribution in [0.15, 0.2) is 4.99 Å². The Kier molecular flexibility index (Phi) is 5.01. The highest BCUT2D eigenvalue weighted by Gasteiger charge is 1.97. The molecule has 0 fully saturated rings. The molecule has 0 heterocycles. The Morgan fingerprint density at radius 1 is 1.78 bits per heavy atom. The SMILES string of the molecule is CC/C=N\[C@H](C=O)CO. The van der Waals surface area contributed by atoms with Crippen molar-refractivity contribution in [1.29, 1.82) is 0 Å². The zero-order valence-corrected chi connectivity index (χ0v) is 5.45. The van der Waals surface area contributed by atoms with Gasteiger partial charge in [0.25, 0.3) is 0 Å². The molecule has 0 aromatic carbocycles. The Labute approximate surface area is 54.4 Å². The van der Waals surface area contributed by atoms with E-state index in [0.717, 1.165) is 6.42 Å². The molecule has 0 rings (SSSR count). The van der Waals surface area contributed by atoms with Crippen LogP contribution in [-0.2, 0) is 4.79 Å². The molecule has 0 aliphatic carbocycles. The summed E-state index contributed by atoms with van der Waals surface area (Å²) in [5.41, 5.74) is 0. The van der Waals surface area contributed by atoms with Crippen LogP contribution in [0.3, 0.4) is 0 Å². The highest BCUT2D eigenvalue weighted by molar-refractivity contribution is 5.64. The molecule has 0 aromatic rings. The van der Waals surface area contributed by atoms with Crippen molar-refractivity contribution < 1.29 is 9.90 Å². The van der Waals surface area contributed by atoms with E-state index >= 15 is 0 Å². The lowest BCUT2D eigenvalue weighted by atomic mass is 10.4. The van der Waals surface area contributed by atoms with Crippen LogP contribution in [-0.4, -0.2) is 30.3 Å². The number of aliphatic hydroxyl groups excluding tert-OH is 1. The molecule has 9 heavy (non-hydrogen) atoms. The predicted molar refractivity (Wildman–Crippen MR) is 35.7 cm³/mol. The fourth-order valence-corrected chi connectivity index (χ4v) is 0.366. The molecular formula is C6H11NO2. The first kappa shape index (κ1) is 8.30. The largest absolute Gasteiger partial charge is 0.394 e. The number of carbonyl (C=O) groups excluding carboxylic acids is 1. The lowest BCUT2D eigenvalue weighted by Crippen LogP contribution is -2.11. The van der Waals surface area contributed by atoms with E-state index in [-0.39, 0.29) is 6.61 Å². The van der Waals surface area contributed by atoms with Gasteiger partial charge in [-0.25, -0.2) is 0 Å². The number of aldehydes is 1. The van der Waals surface area contributed by atoms with Gasteiger partial charge in [0.05, 0.1) is 6.61 Å². The molecule has 3 heteroatoms. The van der Waals surface area contributed by atoms with Gasteiger partial charge in [0.2, 0.25) is 0 Å². The summed E-state index contributed by atoms with van der Waals surface area (Å²) in [6, 6.07) is -0.551. The normalized spacial score (nSPS) is 14.0. The summed E-state index contributed by atoms with van der Waals surface area (Å²) in [5.74, 6) is 0. The van der Waals surface area contributed by atoms with Crippen LogP contribution in [0.4, 0.5) is 0 Å². The first-order valence-electron chi connectivity index (χ1n) is 2.93. The molecule has 0 bridgehead atoms. The molecule has 0 spiro atoms. The van der Waals surface area contributed by atoms with Crippen LogP contribution in [0.5, 0.6) is 0 Å². The van der Waals surface area contributed by atoms with E-state index in [9.17, 15) is 4.79 Å². The van der Waals surface area contributed by atoms with E-state index in [1.807, 2.05) is 6.92 Å². The second-order valence-electron chi connectivity index (χ2n) is 1.63. The van der Waals surface area contributed by atoms with Crippen LogP contribution in [0.25, 0.3) is 0 Å². The van der Waals surface area contributed by atoms with Crippen LogP contribution in [0.2, 0.25) is 0 Å². The first-order valence-corrected chi connectivity index (χ1v) is 2.93. The third kappa shape index (κ3) is 3.85. The summed E-state index contributed by atoms with van der Waals surface area (Å²) in [7, 11) is 0.